The van der Waals surface area contributed by atoms with E-state index in [1.807, 2.05) is 6.92 Å². The van der Waals surface area contributed by atoms with Crippen LogP contribution in [0.3, 0.4) is 0 Å². The number of hydrogen-bond acceptors (Lipinski definition) is 1. The van der Waals surface area contributed by atoms with E-state index in [2.05, 4.69) is 0 Å². The van der Waals surface area contributed by atoms with E-state index >= 15 is 0 Å². The smallest absolute Gasteiger partial charge is 0.0543 e. The molecular weight excluding hydrogens is 124 g/mol. The first-order valence-electron chi connectivity index (χ1n) is 4.45. The van der Waals surface area contributed by atoms with Crippen molar-refractivity contribution in [2.45, 2.75) is 38.7 Å². The SMILES string of the molecule is C[C@H](O)C1CC2CCC1C2. The summed E-state index contributed by atoms with van der Waals surface area (Å²) >= 11 is 0. The maximum atomic E-state index is 9.37. The van der Waals surface area contributed by atoms with Gasteiger partial charge in [-0.15, -0.1) is 0 Å². The quantitative estimate of drug-likeness (QED) is 0.589. The maximum absolute atomic E-state index is 9.37. The van der Waals surface area contributed by atoms with E-state index in [1.54, 1.807) is 0 Å². The van der Waals surface area contributed by atoms with E-state index < -0.39 is 0 Å². The number of fused-ring (bicyclic) bond motifs is 2. The van der Waals surface area contributed by atoms with Gasteiger partial charge >= 0.3 is 0 Å². The van der Waals surface area contributed by atoms with Gasteiger partial charge in [-0.3, -0.25) is 0 Å². The van der Waals surface area contributed by atoms with Crippen LogP contribution in [0.4, 0.5) is 0 Å². The molecule has 0 aliphatic heterocycles. The second kappa shape index (κ2) is 2.23. The zero-order valence-electron chi connectivity index (χ0n) is 6.59. The summed E-state index contributed by atoms with van der Waals surface area (Å²) < 4.78 is 0. The molecule has 4 atom stereocenters. The molecule has 2 fully saturated rings. The lowest BCUT2D eigenvalue weighted by molar-refractivity contribution is 0.0905. The molecule has 2 bridgehead atoms. The fourth-order valence-electron chi connectivity index (χ4n) is 2.88. The lowest BCUT2D eigenvalue weighted by Gasteiger charge is -2.23. The summed E-state index contributed by atoms with van der Waals surface area (Å²) in [6, 6.07) is 0. The Hall–Kier alpha value is -0.0400. The predicted octanol–water partition coefficient (Wildman–Crippen LogP) is 1.80. The Kier molecular flexibility index (Phi) is 1.48. The number of aliphatic hydroxyl groups is 1. The minimum absolute atomic E-state index is 0.0460. The van der Waals surface area contributed by atoms with Crippen molar-refractivity contribution < 1.29 is 5.11 Å². The molecular formula is C9H16O. The molecule has 2 aliphatic carbocycles. The van der Waals surface area contributed by atoms with Crippen LogP contribution in [0.5, 0.6) is 0 Å². The topological polar surface area (TPSA) is 20.2 Å². The van der Waals surface area contributed by atoms with Crippen LogP contribution in [0, 0.1) is 17.8 Å². The van der Waals surface area contributed by atoms with Crippen molar-refractivity contribution in [2.24, 2.45) is 17.8 Å². The van der Waals surface area contributed by atoms with E-state index in [1.165, 1.54) is 25.7 Å². The first-order chi connectivity index (χ1) is 4.77. The van der Waals surface area contributed by atoms with Crippen LogP contribution in [0.15, 0.2) is 0 Å². The van der Waals surface area contributed by atoms with Crippen molar-refractivity contribution in [1.29, 1.82) is 0 Å². The second-order valence-corrected chi connectivity index (χ2v) is 4.08. The van der Waals surface area contributed by atoms with Gasteiger partial charge in [-0.05, 0) is 43.9 Å². The van der Waals surface area contributed by atoms with Crippen LogP contribution in [0.2, 0.25) is 0 Å². The molecule has 0 radical (unpaired) electrons. The Morgan fingerprint density at radius 3 is 2.40 bits per heavy atom. The molecule has 2 aliphatic rings. The fraction of sp³-hybridized carbons (Fsp3) is 1.00. The summed E-state index contributed by atoms with van der Waals surface area (Å²) in [6.07, 6.45) is 5.50. The molecule has 1 heteroatoms. The first kappa shape index (κ1) is 6.66. The second-order valence-electron chi connectivity index (χ2n) is 4.08. The van der Waals surface area contributed by atoms with Crippen molar-refractivity contribution in [1.82, 2.24) is 0 Å². The summed E-state index contributed by atoms with van der Waals surface area (Å²) in [5.41, 5.74) is 0. The molecule has 58 valence electrons. The summed E-state index contributed by atoms with van der Waals surface area (Å²) in [5.74, 6) is 2.51. The van der Waals surface area contributed by atoms with Gasteiger partial charge in [-0.1, -0.05) is 6.42 Å². The van der Waals surface area contributed by atoms with E-state index in [-0.39, 0.29) is 6.10 Å². The molecule has 0 aromatic carbocycles. The van der Waals surface area contributed by atoms with Crippen LogP contribution in [0.25, 0.3) is 0 Å². The van der Waals surface area contributed by atoms with Gasteiger partial charge in [-0.25, -0.2) is 0 Å². The van der Waals surface area contributed by atoms with Gasteiger partial charge in [0, 0.05) is 0 Å². The fourth-order valence-corrected chi connectivity index (χ4v) is 2.88. The molecule has 0 amide bonds. The third kappa shape index (κ3) is 0.878. The highest BCUT2D eigenvalue weighted by atomic mass is 16.3. The highest BCUT2D eigenvalue weighted by Crippen LogP contribution is 2.49. The summed E-state index contributed by atoms with van der Waals surface area (Å²) in [6.45, 7) is 1.95. The summed E-state index contributed by atoms with van der Waals surface area (Å²) in [5, 5.41) is 9.37. The van der Waals surface area contributed by atoms with Crippen molar-refractivity contribution >= 4 is 0 Å². The van der Waals surface area contributed by atoms with Gasteiger partial charge in [0.15, 0.2) is 0 Å². The largest absolute Gasteiger partial charge is 0.393 e. The Balaban J connectivity index is 2.02. The minimum Gasteiger partial charge on any atom is -0.393 e. The van der Waals surface area contributed by atoms with Gasteiger partial charge < -0.3 is 5.11 Å². The van der Waals surface area contributed by atoms with Crippen molar-refractivity contribution in [3.8, 4) is 0 Å². The van der Waals surface area contributed by atoms with E-state index in [0.29, 0.717) is 5.92 Å². The summed E-state index contributed by atoms with van der Waals surface area (Å²) in [4.78, 5) is 0. The van der Waals surface area contributed by atoms with Gasteiger partial charge in [0.05, 0.1) is 6.10 Å². The zero-order valence-corrected chi connectivity index (χ0v) is 6.59. The van der Waals surface area contributed by atoms with E-state index in [4.69, 9.17) is 0 Å². The monoisotopic (exact) mass is 140 g/mol. The van der Waals surface area contributed by atoms with Gasteiger partial charge in [-0.2, -0.15) is 0 Å². The van der Waals surface area contributed by atoms with Gasteiger partial charge in [0.1, 0.15) is 0 Å². The standard InChI is InChI=1S/C9H16O/c1-6(10)9-5-7-2-3-8(9)4-7/h6-10H,2-5H2,1H3/t6-,7?,8?,9?/m0/s1. The lowest BCUT2D eigenvalue weighted by atomic mass is 9.85. The summed E-state index contributed by atoms with van der Waals surface area (Å²) in [7, 11) is 0. The van der Waals surface area contributed by atoms with E-state index in [9.17, 15) is 5.11 Å². The molecule has 1 N–H and O–H groups in total. The third-order valence-electron chi connectivity index (χ3n) is 3.41. The van der Waals surface area contributed by atoms with Crippen molar-refractivity contribution in [2.75, 3.05) is 0 Å². The van der Waals surface area contributed by atoms with Gasteiger partial charge in [0.25, 0.3) is 0 Å². The van der Waals surface area contributed by atoms with Crippen LogP contribution < -0.4 is 0 Å². The number of hydrogen-bond donors (Lipinski definition) is 1. The molecule has 2 rings (SSSR count). The number of rotatable bonds is 1. The average molecular weight is 140 g/mol. The van der Waals surface area contributed by atoms with Crippen LogP contribution in [-0.2, 0) is 0 Å². The highest BCUT2D eigenvalue weighted by molar-refractivity contribution is 4.91. The minimum atomic E-state index is -0.0460. The zero-order chi connectivity index (χ0) is 7.14. The Labute approximate surface area is 62.4 Å². The molecule has 1 nitrogen and oxygen atoms in total. The average Bonchev–Trinajstić information content (AvgIpc) is 2.44. The van der Waals surface area contributed by atoms with Crippen LogP contribution in [-0.4, -0.2) is 11.2 Å². The van der Waals surface area contributed by atoms with E-state index in [0.717, 1.165) is 11.8 Å². The van der Waals surface area contributed by atoms with Crippen molar-refractivity contribution in [3.63, 3.8) is 0 Å². The molecule has 0 saturated heterocycles. The predicted molar refractivity (Wildman–Crippen MR) is 40.6 cm³/mol. The Bertz CT molecular complexity index is 131. The Morgan fingerprint density at radius 1 is 1.30 bits per heavy atom. The van der Waals surface area contributed by atoms with Crippen LogP contribution >= 0.6 is 0 Å². The van der Waals surface area contributed by atoms with Gasteiger partial charge in [0.2, 0.25) is 0 Å². The maximum Gasteiger partial charge on any atom is 0.0543 e. The molecule has 10 heavy (non-hydrogen) atoms. The number of aliphatic hydroxyl groups excluding tert-OH is 1. The normalized spacial score (nSPS) is 48.0. The molecule has 0 heterocycles. The molecule has 3 unspecified atom stereocenters. The van der Waals surface area contributed by atoms with Crippen LogP contribution in [0.1, 0.15) is 32.6 Å². The Morgan fingerprint density at radius 2 is 2.10 bits per heavy atom. The molecule has 2 saturated carbocycles. The first-order valence-corrected chi connectivity index (χ1v) is 4.45. The molecule has 0 aromatic heterocycles. The molecule has 0 aromatic rings. The molecule has 0 spiro atoms. The highest BCUT2D eigenvalue weighted by Gasteiger charge is 2.41. The third-order valence-corrected chi connectivity index (χ3v) is 3.41. The van der Waals surface area contributed by atoms with Crippen molar-refractivity contribution in [3.05, 3.63) is 0 Å². The lowest BCUT2D eigenvalue weighted by Crippen LogP contribution is -2.22.